The summed E-state index contributed by atoms with van der Waals surface area (Å²) in [5.41, 5.74) is 1.39. The Morgan fingerprint density at radius 3 is 2.74 bits per heavy atom. The molecular weight excluding hydrogens is 238 g/mol. The molecule has 1 aromatic rings. The van der Waals surface area contributed by atoms with E-state index in [0.717, 1.165) is 31.8 Å². The van der Waals surface area contributed by atoms with Gasteiger partial charge >= 0.3 is 0 Å². The highest BCUT2D eigenvalue weighted by molar-refractivity contribution is 5.47. The monoisotopic (exact) mass is 261 g/mol. The van der Waals surface area contributed by atoms with E-state index in [-0.39, 0.29) is 5.60 Å². The summed E-state index contributed by atoms with van der Waals surface area (Å²) >= 11 is 0. The van der Waals surface area contributed by atoms with Crippen LogP contribution in [0.25, 0.3) is 0 Å². The molecule has 2 aliphatic rings. The molecule has 1 atom stereocenters. The van der Waals surface area contributed by atoms with E-state index in [9.17, 15) is 0 Å². The Morgan fingerprint density at radius 1 is 1.32 bits per heavy atom. The number of anilines is 1. The quantitative estimate of drug-likeness (QED) is 0.898. The van der Waals surface area contributed by atoms with Crippen molar-refractivity contribution in [2.45, 2.75) is 50.7 Å². The van der Waals surface area contributed by atoms with Crippen LogP contribution in [0.1, 0.15) is 39.0 Å². The molecule has 19 heavy (non-hydrogen) atoms. The molecule has 1 saturated carbocycles. The molecule has 3 heteroatoms. The molecule has 1 unspecified atom stereocenters. The maximum absolute atomic E-state index is 5.96. The zero-order valence-electron chi connectivity index (χ0n) is 11.7. The molecule has 1 aliphatic carbocycles. The smallest absolute Gasteiger partial charge is 0.119 e. The first-order valence-electron chi connectivity index (χ1n) is 7.43. The third-order valence-electron chi connectivity index (χ3n) is 4.29. The predicted octanol–water partition coefficient (Wildman–Crippen LogP) is 3.60. The van der Waals surface area contributed by atoms with E-state index in [1.54, 1.807) is 0 Å². The normalized spacial score (nSPS) is 24.8. The first-order chi connectivity index (χ1) is 9.30. The fourth-order valence-corrected chi connectivity index (χ4v) is 3.12. The van der Waals surface area contributed by atoms with Crippen LogP contribution in [-0.4, -0.2) is 24.9 Å². The number of nitrogens with one attached hydrogen (secondary N) is 1. The maximum Gasteiger partial charge on any atom is 0.119 e. The van der Waals surface area contributed by atoms with Gasteiger partial charge in [-0.3, -0.25) is 0 Å². The highest BCUT2D eigenvalue weighted by Crippen LogP contribution is 2.42. The Bertz CT molecular complexity index is 411. The van der Waals surface area contributed by atoms with Gasteiger partial charge in [-0.15, -0.1) is 0 Å². The lowest BCUT2D eigenvalue weighted by Gasteiger charge is -2.47. The standard InChI is InChI=1S/C16H23NO2/c1-2-18-15-6-4-13(5-7-15)17-14-8-11-19-16(12-14)9-3-10-16/h4-7,14,17H,2-3,8-12H2,1H3. The van der Waals surface area contributed by atoms with Crippen molar-refractivity contribution in [2.24, 2.45) is 0 Å². The highest BCUT2D eigenvalue weighted by atomic mass is 16.5. The van der Waals surface area contributed by atoms with Crippen molar-refractivity contribution in [3.63, 3.8) is 0 Å². The lowest BCUT2D eigenvalue weighted by atomic mass is 9.74. The van der Waals surface area contributed by atoms with E-state index in [1.807, 2.05) is 19.1 Å². The Balaban J connectivity index is 1.58. The van der Waals surface area contributed by atoms with Crippen molar-refractivity contribution in [2.75, 3.05) is 18.5 Å². The molecule has 0 amide bonds. The summed E-state index contributed by atoms with van der Waals surface area (Å²) in [6.45, 7) is 3.62. The van der Waals surface area contributed by atoms with Gasteiger partial charge in [-0.05, 0) is 63.3 Å². The second-order valence-electron chi connectivity index (χ2n) is 5.68. The van der Waals surface area contributed by atoms with Crippen molar-refractivity contribution in [1.82, 2.24) is 0 Å². The molecule has 104 valence electrons. The fourth-order valence-electron chi connectivity index (χ4n) is 3.12. The van der Waals surface area contributed by atoms with Gasteiger partial charge in [0.25, 0.3) is 0 Å². The SMILES string of the molecule is CCOc1ccc(NC2CCOC3(CCC3)C2)cc1. The second-order valence-corrected chi connectivity index (χ2v) is 5.68. The van der Waals surface area contributed by atoms with E-state index in [2.05, 4.69) is 17.4 Å². The summed E-state index contributed by atoms with van der Waals surface area (Å²) in [4.78, 5) is 0. The molecule has 1 spiro atoms. The van der Waals surface area contributed by atoms with Crippen molar-refractivity contribution in [3.05, 3.63) is 24.3 Å². The van der Waals surface area contributed by atoms with Crippen LogP contribution in [0.2, 0.25) is 0 Å². The summed E-state index contributed by atoms with van der Waals surface area (Å²) in [5.74, 6) is 0.940. The molecule has 1 N–H and O–H groups in total. The number of hydrogen-bond acceptors (Lipinski definition) is 3. The van der Waals surface area contributed by atoms with Crippen LogP contribution in [0.4, 0.5) is 5.69 Å². The van der Waals surface area contributed by atoms with Crippen LogP contribution in [-0.2, 0) is 4.74 Å². The molecule has 0 aromatic heterocycles. The van der Waals surface area contributed by atoms with Crippen LogP contribution in [0.5, 0.6) is 5.75 Å². The van der Waals surface area contributed by atoms with Crippen molar-refractivity contribution in [1.29, 1.82) is 0 Å². The molecule has 1 saturated heterocycles. The van der Waals surface area contributed by atoms with E-state index < -0.39 is 0 Å². The molecule has 1 heterocycles. The molecule has 1 aromatic carbocycles. The molecule has 3 rings (SSSR count). The largest absolute Gasteiger partial charge is 0.494 e. The van der Waals surface area contributed by atoms with Gasteiger partial charge in [0.2, 0.25) is 0 Å². The Hall–Kier alpha value is -1.22. The molecule has 0 bridgehead atoms. The lowest BCUT2D eigenvalue weighted by molar-refractivity contribution is -0.130. The summed E-state index contributed by atoms with van der Waals surface area (Å²) in [6.07, 6.45) is 6.08. The second kappa shape index (κ2) is 5.41. The van der Waals surface area contributed by atoms with Gasteiger partial charge < -0.3 is 14.8 Å². The van der Waals surface area contributed by atoms with Crippen LogP contribution in [0.15, 0.2) is 24.3 Å². The molecule has 3 nitrogen and oxygen atoms in total. The summed E-state index contributed by atoms with van der Waals surface area (Å²) in [5, 5.41) is 3.64. The van der Waals surface area contributed by atoms with Gasteiger partial charge in [0, 0.05) is 18.3 Å². The van der Waals surface area contributed by atoms with Gasteiger partial charge in [-0.2, -0.15) is 0 Å². The maximum atomic E-state index is 5.96. The van der Waals surface area contributed by atoms with Crippen LogP contribution in [0.3, 0.4) is 0 Å². The van der Waals surface area contributed by atoms with E-state index in [4.69, 9.17) is 9.47 Å². The van der Waals surface area contributed by atoms with Gasteiger partial charge in [-0.25, -0.2) is 0 Å². The number of benzene rings is 1. The van der Waals surface area contributed by atoms with E-state index >= 15 is 0 Å². The molecular formula is C16H23NO2. The lowest BCUT2D eigenvalue weighted by Crippen LogP contribution is -2.48. The van der Waals surface area contributed by atoms with Crippen molar-refractivity contribution >= 4 is 5.69 Å². The van der Waals surface area contributed by atoms with Gasteiger partial charge in [-0.1, -0.05) is 0 Å². The zero-order chi connectivity index (χ0) is 13.1. The van der Waals surface area contributed by atoms with Crippen molar-refractivity contribution < 1.29 is 9.47 Å². The summed E-state index contributed by atoms with van der Waals surface area (Å²) in [7, 11) is 0. The average Bonchev–Trinajstić information content (AvgIpc) is 2.40. The third kappa shape index (κ3) is 2.86. The topological polar surface area (TPSA) is 30.5 Å². The van der Waals surface area contributed by atoms with Crippen molar-refractivity contribution in [3.8, 4) is 5.75 Å². The summed E-state index contributed by atoms with van der Waals surface area (Å²) in [6, 6.07) is 8.82. The third-order valence-corrected chi connectivity index (χ3v) is 4.29. The van der Waals surface area contributed by atoms with Crippen LogP contribution >= 0.6 is 0 Å². The Morgan fingerprint density at radius 2 is 2.11 bits per heavy atom. The first-order valence-corrected chi connectivity index (χ1v) is 7.43. The van der Waals surface area contributed by atoms with Gasteiger partial charge in [0.15, 0.2) is 0 Å². The van der Waals surface area contributed by atoms with E-state index in [1.165, 1.54) is 24.9 Å². The zero-order valence-corrected chi connectivity index (χ0v) is 11.7. The van der Waals surface area contributed by atoms with Gasteiger partial charge in [0.1, 0.15) is 5.75 Å². The molecule has 1 aliphatic heterocycles. The minimum absolute atomic E-state index is 0.210. The van der Waals surface area contributed by atoms with E-state index in [0.29, 0.717) is 6.04 Å². The summed E-state index contributed by atoms with van der Waals surface area (Å²) < 4.78 is 11.4. The number of rotatable bonds is 4. The highest BCUT2D eigenvalue weighted by Gasteiger charge is 2.42. The van der Waals surface area contributed by atoms with Crippen LogP contribution < -0.4 is 10.1 Å². The van der Waals surface area contributed by atoms with Crippen LogP contribution in [0, 0.1) is 0 Å². The molecule has 0 radical (unpaired) electrons. The Labute approximate surface area is 115 Å². The average molecular weight is 261 g/mol. The van der Waals surface area contributed by atoms with Gasteiger partial charge in [0.05, 0.1) is 12.2 Å². The molecule has 2 fully saturated rings. The number of hydrogen-bond donors (Lipinski definition) is 1. The number of ether oxygens (including phenoxy) is 2. The first kappa shape index (κ1) is 12.8. The fraction of sp³-hybridized carbons (Fsp3) is 0.625. The Kier molecular flexibility index (Phi) is 3.65. The predicted molar refractivity (Wildman–Crippen MR) is 76.8 cm³/mol. The minimum Gasteiger partial charge on any atom is -0.494 e. The minimum atomic E-state index is 0.210.